The number of benzene rings is 2. The Kier molecular flexibility index (Phi) is 6.23. The maximum absolute atomic E-state index is 12.2. The number of carbonyl (C=O) groups excluding carboxylic acids is 1. The molecular formula is C15H14BrN3O5S. The van der Waals surface area contributed by atoms with Crippen molar-refractivity contribution >= 4 is 43.2 Å². The molecule has 2 aromatic rings. The van der Waals surface area contributed by atoms with Crippen LogP contribution in [-0.4, -0.2) is 25.8 Å². The second-order valence-electron chi connectivity index (χ2n) is 4.93. The van der Waals surface area contributed by atoms with E-state index in [4.69, 9.17) is 0 Å². The van der Waals surface area contributed by atoms with Crippen molar-refractivity contribution in [3.8, 4) is 0 Å². The number of amides is 1. The summed E-state index contributed by atoms with van der Waals surface area (Å²) in [6.07, 6.45) is -0.115. The maximum atomic E-state index is 12.2. The molecule has 2 N–H and O–H groups in total. The SMILES string of the molecule is O=C(CCNS(=O)(=O)c1ccccc1[N+](=O)[O-])Nc1ccc(Br)cc1. The summed E-state index contributed by atoms with van der Waals surface area (Å²) < 4.78 is 27.4. The number of hydrogen-bond acceptors (Lipinski definition) is 5. The van der Waals surface area contributed by atoms with Crippen molar-refractivity contribution in [2.45, 2.75) is 11.3 Å². The van der Waals surface area contributed by atoms with Gasteiger partial charge in [-0.2, -0.15) is 0 Å². The summed E-state index contributed by atoms with van der Waals surface area (Å²) in [6, 6.07) is 11.9. The molecule has 0 spiro atoms. The fourth-order valence-electron chi connectivity index (χ4n) is 1.97. The maximum Gasteiger partial charge on any atom is 0.289 e. The first kappa shape index (κ1) is 19.0. The monoisotopic (exact) mass is 427 g/mol. The van der Waals surface area contributed by atoms with Crippen molar-refractivity contribution in [1.82, 2.24) is 4.72 Å². The number of nitrogens with one attached hydrogen (secondary N) is 2. The number of sulfonamides is 1. The average Bonchev–Trinajstić information content (AvgIpc) is 2.57. The molecule has 0 fully saturated rings. The minimum atomic E-state index is -4.09. The Hall–Kier alpha value is -2.30. The van der Waals surface area contributed by atoms with Crippen LogP contribution in [0.3, 0.4) is 0 Å². The Balaban J connectivity index is 1.95. The Bertz CT molecular complexity index is 884. The fourth-order valence-corrected chi connectivity index (χ4v) is 3.43. The van der Waals surface area contributed by atoms with Gasteiger partial charge in [-0.1, -0.05) is 28.1 Å². The van der Waals surface area contributed by atoms with Crippen LogP contribution in [-0.2, 0) is 14.8 Å². The van der Waals surface area contributed by atoms with E-state index in [-0.39, 0.29) is 18.9 Å². The molecule has 0 saturated heterocycles. The summed E-state index contributed by atoms with van der Waals surface area (Å²) in [7, 11) is -4.09. The van der Waals surface area contributed by atoms with Crippen LogP contribution >= 0.6 is 15.9 Å². The summed E-state index contributed by atoms with van der Waals surface area (Å²) in [5.74, 6) is -0.382. The van der Waals surface area contributed by atoms with Crippen molar-refractivity contribution in [2.24, 2.45) is 0 Å². The van der Waals surface area contributed by atoms with Gasteiger partial charge >= 0.3 is 0 Å². The molecular weight excluding hydrogens is 414 g/mol. The van der Waals surface area contributed by atoms with Crippen LogP contribution in [0.4, 0.5) is 11.4 Å². The van der Waals surface area contributed by atoms with E-state index in [1.165, 1.54) is 12.1 Å². The van der Waals surface area contributed by atoms with Gasteiger partial charge in [-0.3, -0.25) is 14.9 Å². The highest BCUT2D eigenvalue weighted by atomic mass is 79.9. The molecule has 0 radical (unpaired) electrons. The molecule has 0 aliphatic rings. The summed E-state index contributed by atoms with van der Waals surface area (Å²) in [4.78, 5) is 21.5. The van der Waals surface area contributed by atoms with Gasteiger partial charge in [0.25, 0.3) is 5.69 Å². The molecule has 1 amide bonds. The van der Waals surface area contributed by atoms with Crippen molar-refractivity contribution < 1.29 is 18.1 Å². The first-order chi connectivity index (χ1) is 11.8. The number of anilines is 1. The van der Waals surface area contributed by atoms with Crippen LogP contribution in [0.2, 0.25) is 0 Å². The number of para-hydroxylation sites is 1. The molecule has 0 bridgehead atoms. The third-order valence-electron chi connectivity index (χ3n) is 3.12. The summed E-state index contributed by atoms with van der Waals surface area (Å²) in [6.45, 7) is -0.184. The van der Waals surface area contributed by atoms with Crippen LogP contribution in [0.25, 0.3) is 0 Å². The predicted octanol–water partition coefficient (Wildman–Crippen LogP) is 2.66. The molecule has 0 atom stereocenters. The van der Waals surface area contributed by atoms with Crippen LogP contribution in [0.1, 0.15) is 6.42 Å². The van der Waals surface area contributed by atoms with Crippen molar-refractivity contribution in [3.63, 3.8) is 0 Å². The molecule has 0 heterocycles. The third kappa shape index (κ3) is 5.34. The topological polar surface area (TPSA) is 118 Å². The van der Waals surface area contributed by atoms with Crippen LogP contribution in [0, 0.1) is 10.1 Å². The second kappa shape index (κ2) is 8.19. The largest absolute Gasteiger partial charge is 0.326 e. The van der Waals surface area contributed by atoms with E-state index in [1.807, 2.05) is 0 Å². The number of hydrogen-bond donors (Lipinski definition) is 2. The van der Waals surface area contributed by atoms with E-state index >= 15 is 0 Å². The molecule has 0 aliphatic carbocycles. The van der Waals surface area contributed by atoms with Crippen molar-refractivity contribution in [1.29, 1.82) is 0 Å². The third-order valence-corrected chi connectivity index (χ3v) is 5.16. The number of rotatable bonds is 7. The smallest absolute Gasteiger partial charge is 0.289 e. The Labute approximate surface area is 152 Å². The van der Waals surface area contributed by atoms with Gasteiger partial charge in [-0.15, -0.1) is 0 Å². The Morgan fingerprint density at radius 3 is 2.40 bits per heavy atom. The number of nitro benzene ring substituents is 1. The molecule has 2 rings (SSSR count). The molecule has 25 heavy (non-hydrogen) atoms. The molecule has 2 aromatic carbocycles. The van der Waals surface area contributed by atoms with Gasteiger partial charge in [0, 0.05) is 29.2 Å². The Morgan fingerprint density at radius 2 is 1.76 bits per heavy atom. The molecule has 8 nitrogen and oxygen atoms in total. The summed E-state index contributed by atoms with van der Waals surface area (Å²) in [5, 5.41) is 13.5. The van der Waals surface area contributed by atoms with E-state index < -0.39 is 25.5 Å². The predicted molar refractivity (Wildman–Crippen MR) is 95.7 cm³/mol. The highest BCUT2D eigenvalue weighted by molar-refractivity contribution is 9.10. The van der Waals surface area contributed by atoms with Crippen molar-refractivity contribution in [3.05, 3.63) is 63.1 Å². The summed E-state index contributed by atoms with van der Waals surface area (Å²) in [5.41, 5.74) is 0.0593. The minimum Gasteiger partial charge on any atom is -0.326 e. The summed E-state index contributed by atoms with van der Waals surface area (Å²) >= 11 is 3.28. The van der Waals surface area contributed by atoms with E-state index in [0.717, 1.165) is 16.6 Å². The zero-order valence-corrected chi connectivity index (χ0v) is 15.2. The van der Waals surface area contributed by atoms with Gasteiger partial charge in [0.15, 0.2) is 4.90 Å². The van der Waals surface area contributed by atoms with E-state index in [1.54, 1.807) is 24.3 Å². The number of halogens is 1. The lowest BCUT2D eigenvalue weighted by Crippen LogP contribution is -2.28. The highest BCUT2D eigenvalue weighted by Crippen LogP contribution is 2.22. The quantitative estimate of drug-likeness (QED) is 0.519. The zero-order chi connectivity index (χ0) is 18.4. The lowest BCUT2D eigenvalue weighted by Gasteiger charge is -2.08. The minimum absolute atomic E-state index is 0.115. The van der Waals surface area contributed by atoms with Gasteiger partial charge in [-0.25, -0.2) is 13.1 Å². The Morgan fingerprint density at radius 1 is 1.12 bits per heavy atom. The second-order valence-corrected chi connectivity index (χ2v) is 7.58. The molecule has 10 heteroatoms. The number of nitro groups is 1. The van der Waals surface area contributed by atoms with E-state index in [0.29, 0.717) is 5.69 Å². The molecule has 0 aromatic heterocycles. The van der Waals surface area contributed by atoms with Crippen LogP contribution < -0.4 is 10.0 Å². The molecule has 0 unspecified atom stereocenters. The number of nitrogens with zero attached hydrogens (tertiary/aromatic N) is 1. The molecule has 0 aliphatic heterocycles. The highest BCUT2D eigenvalue weighted by Gasteiger charge is 2.24. The fraction of sp³-hybridized carbons (Fsp3) is 0.133. The molecule has 0 saturated carbocycles. The normalized spacial score (nSPS) is 11.1. The van der Waals surface area contributed by atoms with Crippen LogP contribution in [0.15, 0.2) is 57.9 Å². The lowest BCUT2D eigenvalue weighted by atomic mass is 10.3. The lowest BCUT2D eigenvalue weighted by molar-refractivity contribution is -0.387. The van der Waals surface area contributed by atoms with E-state index in [9.17, 15) is 23.3 Å². The van der Waals surface area contributed by atoms with Crippen LogP contribution in [0.5, 0.6) is 0 Å². The number of carbonyl (C=O) groups is 1. The van der Waals surface area contributed by atoms with Crippen molar-refractivity contribution in [2.75, 3.05) is 11.9 Å². The van der Waals surface area contributed by atoms with Gasteiger partial charge in [0.1, 0.15) is 0 Å². The zero-order valence-electron chi connectivity index (χ0n) is 12.8. The molecule has 132 valence electrons. The van der Waals surface area contributed by atoms with Gasteiger partial charge in [-0.05, 0) is 30.3 Å². The standard InChI is InChI=1S/C15H14BrN3O5S/c16-11-5-7-12(8-6-11)18-15(20)9-10-17-25(23,24)14-4-2-1-3-13(14)19(21)22/h1-8,17H,9-10H2,(H,18,20). The first-order valence-electron chi connectivity index (χ1n) is 7.08. The average molecular weight is 428 g/mol. The first-order valence-corrected chi connectivity index (χ1v) is 9.36. The van der Waals surface area contributed by atoms with Gasteiger partial charge in [0.2, 0.25) is 15.9 Å². The van der Waals surface area contributed by atoms with Gasteiger partial charge in [0.05, 0.1) is 4.92 Å². The van der Waals surface area contributed by atoms with E-state index in [2.05, 4.69) is 26.0 Å². The van der Waals surface area contributed by atoms with Gasteiger partial charge < -0.3 is 5.32 Å².